The maximum atomic E-state index is 13.8. The van der Waals surface area contributed by atoms with Crippen LogP contribution in [0.4, 0.5) is 15.9 Å². The summed E-state index contributed by atoms with van der Waals surface area (Å²) in [6, 6.07) is 9.93. The van der Waals surface area contributed by atoms with Crippen LogP contribution >= 0.6 is 0 Å². The summed E-state index contributed by atoms with van der Waals surface area (Å²) in [7, 11) is -3.18. The van der Waals surface area contributed by atoms with Gasteiger partial charge in [0.2, 0.25) is 0 Å². The Balaban J connectivity index is 1.65. The van der Waals surface area contributed by atoms with Crippen molar-refractivity contribution in [3.8, 4) is 0 Å². The highest BCUT2D eigenvalue weighted by molar-refractivity contribution is 7.91. The van der Waals surface area contributed by atoms with Gasteiger partial charge in [-0.15, -0.1) is 0 Å². The average molecular weight is 349 g/mol. The molecular weight excluding hydrogens is 329 g/mol. The lowest BCUT2D eigenvalue weighted by atomic mass is 10.2. The van der Waals surface area contributed by atoms with E-state index in [1.165, 1.54) is 6.07 Å². The summed E-state index contributed by atoms with van der Waals surface area (Å²) < 4.78 is 37.4. The molecule has 1 N–H and O–H groups in total. The van der Waals surface area contributed by atoms with Crippen molar-refractivity contribution in [3.63, 3.8) is 0 Å². The molecule has 0 amide bonds. The monoisotopic (exact) mass is 349 g/mol. The van der Waals surface area contributed by atoms with Crippen LogP contribution in [0.15, 0.2) is 47.5 Å². The summed E-state index contributed by atoms with van der Waals surface area (Å²) in [5.74, 6) is 0.158. The summed E-state index contributed by atoms with van der Waals surface area (Å²) in [5.41, 5.74) is 0.860. The number of benzene rings is 1. The number of anilines is 2. The Kier molecular flexibility index (Phi) is 4.71. The number of pyridine rings is 1. The zero-order chi connectivity index (χ0) is 17.2. The highest BCUT2D eigenvalue weighted by Gasteiger charge is 2.25. The van der Waals surface area contributed by atoms with Crippen LogP contribution in [-0.2, 0) is 9.84 Å². The summed E-state index contributed by atoms with van der Waals surface area (Å²) >= 11 is 0. The first-order chi connectivity index (χ1) is 11.5. The fourth-order valence-electron chi connectivity index (χ4n) is 2.84. The Morgan fingerprint density at radius 2 is 2.04 bits per heavy atom. The molecule has 24 heavy (non-hydrogen) atoms. The van der Waals surface area contributed by atoms with Gasteiger partial charge < -0.3 is 10.2 Å². The van der Waals surface area contributed by atoms with Crippen molar-refractivity contribution < 1.29 is 12.8 Å². The molecule has 2 heterocycles. The van der Waals surface area contributed by atoms with Gasteiger partial charge in [0, 0.05) is 31.0 Å². The number of rotatable bonds is 5. The number of halogens is 1. The smallest absolute Gasteiger partial charge is 0.178 e. The molecule has 0 radical (unpaired) electrons. The van der Waals surface area contributed by atoms with E-state index < -0.39 is 9.84 Å². The van der Waals surface area contributed by atoms with Gasteiger partial charge in [-0.1, -0.05) is 6.92 Å². The van der Waals surface area contributed by atoms with Crippen LogP contribution in [0.25, 0.3) is 0 Å². The van der Waals surface area contributed by atoms with Gasteiger partial charge in [0.25, 0.3) is 0 Å². The van der Waals surface area contributed by atoms with Gasteiger partial charge >= 0.3 is 0 Å². The van der Waals surface area contributed by atoms with Crippen molar-refractivity contribution in [2.45, 2.75) is 24.3 Å². The number of sulfone groups is 1. The van der Waals surface area contributed by atoms with Crippen molar-refractivity contribution in [1.29, 1.82) is 0 Å². The maximum absolute atomic E-state index is 13.8. The molecule has 0 spiro atoms. The molecule has 3 rings (SSSR count). The number of hydrogen-bond donors (Lipinski definition) is 1. The number of nitrogens with zero attached hydrogens (tertiary/aromatic N) is 2. The van der Waals surface area contributed by atoms with Crippen LogP contribution < -0.4 is 10.2 Å². The topological polar surface area (TPSA) is 62.3 Å². The van der Waals surface area contributed by atoms with Gasteiger partial charge in [-0.05, 0) is 42.8 Å². The Morgan fingerprint density at radius 1 is 1.29 bits per heavy atom. The predicted octanol–water partition coefficient (Wildman–Crippen LogP) is 2.71. The van der Waals surface area contributed by atoms with E-state index in [0.717, 1.165) is 18.7 Å². The highest BCUT2D eigenvalue weighted by atomic mass is 32.2. The minimum atomic E-state index is -3.18. The van der Waals surface area contributed by atoms with E-state index >= 15 is 0 Å². The van der Waals surface area contributed by atoms with Crippen LogP contribution in [0.1, 0.15) is 13.3 Å². The quantitative estimate of drug-likeness (QED) is 0.899. The first-order valence-electron chi connectivity index (χ1n) is 7.94. The number of hydrogen-bond acceptors (Lipinski definition) is 5. The van der Waals surface area contributed by atoms with E-state index in [2.05, 4.69) is 10.3 Å². The van der Waals surface area contributed by atoms with Crippen molar-refractivity contribution in [2.75, 3.05) is 29.1 Å². The van der Waals surface area contributed by atoms with Crippen LogP contribution in [-0.4, -0.2) is 38.3 Å². The summed E-state index contributed by atoms with van der Waals surface area (Å²) in [6.45, 7) is 3.02. The minimum Gasteiger partial charge on any atom is -0.380 e. The van der Waals surface area contributed by atoms with E-state index in [1.54, 1.807) is 43.5 Å². The fraction of sp³-hybridized carbons (Fsp3) is 0.353. The molecule has 0 unspecified atom stereocenters. The van der Waals surface area contributed by atoms with E-state index in [9.17, 15) is 12.8 Å². The number of aromatic nitrogens is 1. The fourth-order valence-corrected chi connectivity index (χ4v) is 3.73. The molecule has 1 saturated heterocycles. The Hall–Kier alpha value is -2.15. The molecule has 0 bridgehead atoms. The Bertz CT molecular complexity index is 809. The molecular formula is C17H20FN3O2S. The Labute approximate surface area is 141 Å². The first-order valence-corrected chi connectivity index (χ1v) is 9.59. The molecule has 1 aromatic heterocycles. The lowest BCUT2D eigenvalue weighted by molar-refractivity contribution is 0.597. The standard InChI is InChI=1S/C17H20FN3O2S/c1-2-24(22,23)15-7-5-13(6-8-15)20-14-9-11-21(12-14)17-16(18)4-3-10-19-17/h3-8,10,14,20H,2,9,11-12H2,1H3/t14-/m1/s1. The SMILES string of the molecule is CCS(=O)(=O)c1ccc(N[C@@H]2CCN(c3ncccc3F)C2)cc1. The van der Waals surface area contributed by atoms with Gasteiger partial charge in [0.15, 0.2) is 21.5 Å². The third-order valence-electron chi connectivity index (χ3n) is 4.19. The van der Waals surface area contributed by atoms with Crippen molar-refractivity contribution in [1.82, 2.24) is 4.98 Å². The molecule has 1 aliphatic heterocycles. The molecule has 1 atom stereocenters. The Morgan fingerprint density at radius 3 is 2.71 bits per heavy atom. The summed E-state index contributed by atoms with van der Waals surface area (Å²) in [6.07, 6.45) is 2.46. The molecule has 7 heteroatoms. The van der Waals surface area contributed by atoms with Gasteiger partial charge in [0.05, 0.1) is 10.6 Å². The second kappa shape index (κ2) is 6.76. The van der Waals surface area contributed by atoms with E-state index in [0.29, 0.717) is 17.3 Å². The van der Waals surface area contributed by atoms with Crippen LogP contribution in [0.2, 0.25) is 0 Å². The van der Waals surface area contributed by atoms with Gasteiger partial charge in [-0.2, -0.15) is 0 Å². The zero-order valence-corrected chi connectivity index (χ0v) is 14.3. The summed E-state index contributed by atoms with van der Waals surface area (Å²) in [5, 5.41) is 3.37. The van der Waals surface area contributed by atoms with E-state index in [4.69, 9.17) is 0 Å². The van der Waals surface area contributed by atoms with Crippen LogP contribution in [0, 0.1) is 5.82 Å². The molecule has 0 saturated carbocycles. The van der Waals surface area contributed by atoms with Gasteiger partial charge in [-0.25, -0.2) is 17.8 Å². The van der Waals surface area contributed by atoms with Crippen molar-refractivity contribution >= 4 is 21.3 Å². The third kappa shape index (κ3) is 3.51. The number of nitrogens with one attached hydrogen (secondary N) is 1. The molecule has 1 aromatic carbocycles. The van der Waals surface area contributed by atoms with Crippen molar-refractivity contribution in [3.05, 3.63) is 48.4 Å². The average Bonchev–Trinajstić information content (AvgIpc) is 3.04. The second-order valence-electron chi connectivity index (χ2n) is 5.81. The largest absolute Gasteiger partial charge is 0.380 e. The zero-order valence-electron chi connectivity index (χ0n) is 13.4. The first kappa shape index (κ1) is 16.7. The van der Waals surface area contributed by atoms with Gasteiger partial charge in [-0.3, -0.25) is 0 Å². The highest BCUT2D eigenvalue weighted by Crippen LogP contribution is 2.23. The lowest BCUT2D eigenvalue weighted by Gasteiger charge is -2.19. The molecule has 5 nitrogen and oxygen atoms in total. The van der Waals surface area contributed by atoms with Crippen LogP contribution in [0.5, 0.6) is 0 Å². The third-order valence-corrected chi connectivity index (χ3v) is 5.94. The predicted molar refractivity (Wildman–Crippen MR) is 92.6 cm³/mol. The maximum Gasteiger partial charge on any atom is 0.178 e. The van der Waals surface area contributed by atoms with Crippen LogP contribution in [0.3, 0.4) is 0 Å². The summed E-state index contributed by atoms with van der Waals surface area (Å²) in [4.78, 5) is 6.36. The molecule has 1 fully saturated rings. The normalized spacial score (nSPS) is 17.9. The second-order valence-corrected chi connectivity index (χ2v) is 8.09. The molecule has 0 aliphatic carbocycles. The van der Waals surface area contributed by atoms with Crippen molar-refractivity contribution in [2.24, 2.45) is 0 Å². The molecule has 128 valence electrons. The van der Waals surface area contributed by atoms with E-state index in [1.807, 2.05) is 4.90 Å². The molecule has 1 aliphatic rings. The molecule has 2 aromatic rings. The minimum absolute atomic E-state index is 0.0903. The van der Waals surface area contributed by atoms with Gasteiger partial charge in [0.1, 0.15) is 0 Å². The lowest BCUT2D eigenvalue weighted by Crippen LogP contribution is -2.27. The van der Waals surface area contributed by atoms with E-state index in [-0.39, 0.29) is 17.6 Å².